The molecule has 1 unspecified atom stereocenters. The third-order valence-electron chi connectivity index (χ3n) is 3.29. The van der Waals surface area contributed by atoms with Crippen LogP contribution in [0.2, 0.25) is 0 Å². The Balaban J connectivity index is 1.95. The molecule has 0 heterocycles. The topological polar surface area (TPSA) is 32.3 Å². The van der Waals surface area contributed by atoms with Crippen LogP contribution in [0.25, 0.3) is 0 Å². The van der Waals surface area contributed by atoms with Gasteiger partial charge in [-0.15, -0.1) is 0 Å². The molecule has 0 spiro atoms. The number of rotatable bonds is 5. The molecule has 0 aromatic heterocycles. The maximum absolute atomic E-state index is 10.2. The summed E-state index contributed by atoms with van der Waals surface area (Å²) in [5.41, 5.74) is 4.51. The first-order valence-corrected chi connectivity index (χ1v) is 6.76. The lowest BCUT2D eigenvalue weighted by atomic mass is 10.1. The van der Waals surface area contributed by atoms with Crippen molar-refractivity contribution in [2.24, 2.45) is 0 Å². The van der Waals surface area contributed by atoms with Crippen molar-refractivity contribution in [2.75, 3.05) is 11.9 Å². The van der Waals surface area contributed by atoms with Gasteiger partial charge >= 0.3 is 0 Å². The van der Waals surface area contributed by atoms with Crippen molar-refractivity contribution >= 4 is 5.69 Å². The van der Waals surface area contributed by atoms with Crippen LogP contribution in [0.15, 0.2) is 48.5 Å². The van der Waals surface area contributed by atoms with Crippen molar-refractivity contribution in [1.82, 2.24) is 0 Å². The quantitative estimate of drug-likeness (QED) is 0.853. The molecule has 19 heavy (non-hydrogen) atoms. The van der Waals surface area contributed by atoms with Gasteiger partial charge in [0.25, 0.3) is 0 Å². The Morgan fingerprint density at radius 3 is 2.47 bits per heavy atom. The van der Waals surface area contributed by atoms with E-state index in [-0.39, 0.29) is 0 Å². The van der Waals surface area contributed by atoms with Crippen molar-refractivity contribution in [3.05, 3.63) is 65.2 Å². The number of anilines is 1. The van der Waals surface area contributed by atoms with E-state index in [4.69, 9.17) is 0 Å². The smallest absolute Gasteiger partial charge is 0.0962 e. The fraction of sp³-hybridized carbons (Fsp3) is 0.294. The summed E-state index contributed by atoms with van der Waals surface area (Å²) in [6.45, 7) is 4.71. The van der Waals surface area contributed by atoms with Crippen molar-refractivity contribution in [2.45, 2.75) is 26.4 Å². The SMILES string of the molecule is CCc1ccc(C(O)CNc2cccc(C)c2)cc1. The number of aliphatic hydroxyl groups excluding tert-OH is 1. The van der Waals surface area contributed by atoms with E-state index in [9.17, 15) is 5.11 Å². The molecule has 100 valence electrons. The molecule has 2 aromatic carbocycles. The molecule has 0 aliphatic rings. The third-order valence-corrected chi connectivity index (χ3v) is 3.29. The Hall–Kier alpha value is -1.80. The van der Waals surface area contributed by atoms with Gasteiger partial charge in [-0.3, -0.25) is 0 Å². The first-order chi connectivity index (χ1) is 9.19. The van der Waals surface area contributed by atoms with Crippen LogP contribution in [-0.2, 0) is 6.42 Å². The molecular formula is C17H21NO. The van der Waals surface area contributed by atoms with E-state index in [1.165, 1.54) is 11.1 Å². The Bertz CT molecular complexity index is 519. The molecule has 0 amide bonds. The zero-order chi connectivity index (χ0) is 13.7. The molecule has 1 atom stereocenters. The van der Waals surface area contributed by atoms with E-state index in [1.807, 2.05) is 24.3 Å². The number of aliphatic hydroxyl groups is 1. The first-order valence-electron chi connectivity index (χ1n) is 6.76. The maximum atomic E-state index is 10.2. The van der Waals surface area contributed by atoms with Gasteiger partial charge in [0.1, 0.15) is 0 Å². The molecule has 0 bridgehead atoms. The van der Waals surface area contributed by atoms with Gasteiger partial charge in [-0.1, -0.05) is 43.3 Å². The summed E-state index contributed by atoms with van der Waals surface area (Å²) >= 11 is 0. The zero-order valence-corrected chi connectivity index (χ0v) is 11.6. The van der Waals surface area contributed by atoms with Crippen LogP contribution in [0, 0.1) is 6.92 Å². The van der Waals surface area contributed by atoms with Crippen molar-refractivity contribution < 1.29 is 5.11 Å². The minimum absolute atomic E-state index is 0.480. The fourth-order valence-corrected chi connectivity index (χ4v) is 2.06. The standard InChI is InChI=1S/C17H21NO/c1-3-14-7-9-15(10-8-14)17(19)12-18-16-6-4-5-13(2)11-16/h4-11,17-19H,3,12H2,1-2H3. The van der Waals surface area contributed by atoms with E-state index in [0.717, 1.165) is 17.7 Å². The monoisotopic (exact) mass is 255 g/mol. The number of aryl methyl sites for hydroxylation is 2. The lowest BCUT2D eigenvalue weighted by Crippen LogP contribution is -2.12. The van der Waals surface area contributed by atoms with Crippen LogP contribution in [0.5, 0.6) is 0 Å². The Morgan fingerprint density at radius 1 is 1.11 bits per heavy atom. The predicted octanol–water partition coefficient (Wildman–Crippen LogP) is 3.70. The fourth-order valence-electron chi connectivity index (χ4n) is 2.06. The van der Waals surface area contributed by atoms with E-state index in [0.29, 0.717) is 6.54 Å². The second-order valence-corrected chi connectivity index (χ2v) is 4.86. The molecule has 2 nitrogen and oxygen atoms in total. The zero-order valence-electron chi connectivity index (χ0n) is 11.6. The molecule has 0 aliphatic carbocycles. The number of benzene rings is 2. The molecule has 0 saturated carbocycles. The normalized spacial score (nSPS) is 12.2. The summed E-state index contributed by atoms with van der Waals surface area (Å²) in [5.74, 6) is 0. The van der Waals surface area contributed by atoms with Gasteiger partial charge in [0.2, 0.25) is 0 Å². The average molecular weight is 255 g/mol. The molecule has 0 aliphatic heterocycles. The van der Waals surface area contributed by atoms with Crippen LogP contribution < -0.4 is 5.32 Å². The van der Waals surface area contributed by atoms with Gasteiger partial charge in [0, 0.05) is 12.2 Å². The highest BCUT2D eigenvalue weighted by molar-refractivity contribution is 5.45. The van der Waals surface area contributed by atoms with Gasteiger partial charge in [-0.25, -0.2) is 0 Å². The highest BCUT2D eigenvalue weighted by Crippen LogP contribution is 2.16. The van der Waals surface area contributed by atoms with Crippen molar-refractivity contribution in [3.63, 3.8) is 0 Å². The summed E-state index contributed by atoms with van der Waals surface area (Å²) in [6.07, 6.45) is 0.546. The van der Waals surface area contributed by atoms with Crippen LogP contribution in [0.4, 0.5) is 5.69 Å². The summed E-state index contributed by atoms with van der Waals surface area (Å²) < 4.78 is 0. The minimum atomic E-state index is -0.480. The Labute approximate surface area is 115 Å². The summed E-state index contributed by atoms with van der Waals surface area (Å²) in [6, 6.07) is 16.3. The van der Waals surface area contributed by atoms with Crippen LogP contribution in [0.3, 0.4) is 0 Å². The molecule has 2 heteroatoms. The van der Waals surface area contributed by atoms with E-state index >= 15 is 0 Å². The Kier molecular flexibility index (Phi) is 4.58. The highest BCUT2D eigenvalue weighted by Gasteiger charge is 2.06. The predicted molar refractivity (Wildman–Crippen MR) is 80.4 cm³/mol. The van der Waals surface area contributed by atoms with E-state index in [2.05, 4.69) is 43.4 Å². The van der Waals surface area contributed by atoms with E-state index < -0.39 is 6.10 Å². The minimum Gasteiger partial charge on any atom is -0.387 e. The van der Waals surface area contributed by atoms with Crippen LogP contribution >= 0.6 is 0 Å². The second-order valence-electron chi connectivity index (χ2n) is 4.86. The molecule has 0 saturated heterocycles. The molecule has 0 radical (unpaired) electrons. The van der Waals surface area contributed by atoms with Gasteiger partial charge in [-0.2, -0.15) is 0 Å². The van der Waals surface area contributed by atoms with Gasteiger partial charge < -0.3 is 10.4 Å². The first kappa shape index (κ1) is 13.6. The lowest BCUT2D eigenvalue weighted by molar-refractivity contribution is 0.191. The number of hydrogen-bond acceptors (Lipinski definition) is 2. The van der Waals surface area contributed by atoms with Gasteiger partial charge in [-0.05, 0) is 42.2 Å². The lowest BCUT2D eigenvalue weighted by Gasteiger charge is -2.14. The highest BCUT2D eigenvalue weighted by atomic mass is 16.3. The van der Waals surface area contributed by atoms with E-state index in [1.54, 1.807) is 0 Å². The molecule has 0 fully saturated rings. The van der Waals surface area contributed by atoms with Crippen LogP contribution in [0.1, 0.15) is 29.7 Å². The Morgan fingerprint density at radius 2 is 1.84 bits per heavy atom. The number of hydrogen-bond donors (Lipinski definition) is 2. The van der Waals surface area contributed by atoms with Gasteiger partial charge in [0.05, 0.1) is 6.10 Å². The summed E-state index contributed by atoms with van der Waals surface area (Å²) in [5, 5.41) is 13.4. The van der Waals surface area contributed by atoms with Crippen LogP contribution in [-0.4, -0.2) is 11.7 Å². The van der Waals surface area contributed by atoms with Gasteiger partial charge in [0.15, 0.2) is 0 Å². The van der Waals surface area contributed by atoms with Crippen molar-refractivity contribution in [1.29, 1.82) is 0 Å². The largest absolute Gasteiger partial charge is 0.387 e. The summed E-state index contributed by atoms with van der Waals surface area (Å²) in [4.78, 5) is 0. The van der Waals surface area contributed by atoms with Crippen molar-refractivity contribution in [3.8, 4) is 0 Å². The number of nitrogens with one attached hydrogen (secondary N) is 1. The molecular weight excluding hydrogens is 234 g/mol. The second kappa shape index (κ2) is 6.39. The average Bonchev–Trinajstić information content (AvgIpc) is 2.45. The molecule has 2 rings (SSSR count). The molecule has 2 aromatic rings. The third kappa shape index (κ3) is 3.83. The summed E-state index contributed by atoms with van der Waals surface area (Å²) in [7, 11) is 0. The maximum Gasteiger partial charge on any atom is 0.0962 e. The molecule has 2 N–H and O–H groups in total.